The summed E-state index contributed by atoms with van der Waals surface area (Å²) in [5.74, 6) is 0.653. The lowest BCUT2D eigenvalue weighted by atomic mass is 9.70. The summed E-state index contributed by atoms with van der Waals surface area (Å²) in [6.45, 7) is 7.24. The zero-order valence-electron chi connectivity index (χ0n) is 9.67. The Bertz CT molecular complexity index is 326. The fourth-order valence-electron chi connectivity index (χ4n) is 4.16. The summed E-state index contributed by atoms with van der Waals surface area (Å²) in [4.78, 5) is 11.4. The van der Waals surface area contributed by atoms with Crippen LogP contribution in [0.3, 0.4) is 0 Å². The van der Waals surface area contributed by atoms with Crippen LogP contribution in [0.1, 0.15) is 33.6 Å². The van der Waals surface area contributed by atoms with E-state index in [1.807, 2.05) is 0 Å². The highest BCUT2D eigenvalue weighted by Gasteiger charge is 2.67. The van der Waals surface area contributed by atoms with Gasteiger partial charge in [0, 0.05) is 5.41 Å². The van der Waals surface area contributed by atoms with Gasteiger partial charge in [-0.3, -0.25) is 4.79 Å². The molecular formula is C12H19NO2. The summed E-state index contributed by atoms with van der Waals surface area (Å²) in [6, 6.07) is 0.264. The van der Waals surface area contributed by atoms with Gasteiger partial charge in [-0.2, -0.15) is 0 Å². The predicted molar refractivity (Wildman–Crippen MR) is 56.3 cm³/mol. The number of nitrogens with one attached hydrogen (secondary N) is 1. The smallest absolute Gasteiger partial charge is 0.246 e. The zero-order chi connectivity index (χ0) is 10.8. The maximum Gasteiger partial charge on any atom is 0.246 e. The van der Waals surface area contributed by atoms with Crippen molar-refractivity contribution in [3.63, 3.8) is 0 Å². The molecule has 3 aliphatic rings. The van der Waals surface area contributed by atoms with Crippen molar-refractivity contribution in [3.8, 4) is 0 Å². The molecule has 0 unspecified atom stereocenters. The van der Waals surface area contributed by atoms with E-state index < -0.39 is 0 Å². The molecular weight excluding hydrogens is 190 g/mol. The van der Waals surface area contributed by atoms with E-state index in [0.29, 0.717) is 11.3 Å². The Hall–Kier alpha value is -0.570. The van der Waals surface area contributed by atoms with Crippen LogP contribution in [0.5, 0.6) is 0 Å². The topological polar surface area (TPSA) is 38.3 Å². The molecule has 0 aromatic rings. The Kier molecular flexibility index (Phi) is 1.65. The highest BCUT2D eigenvalue weighted by atomic mass is 16.5. The number of carbonyl (C=O) groups is 1. The minimum Gasteiger partial charge on any atom is -0.366 e. The molecule has 2 aliphatic carbocycles. The number of amides is 1. The second-order valence-electron chi connectivity index (χ2n) is 6.11. The number of hydrogen-bond donors (Lipinski definition) is 1. The molecule has 3 rings (SSSR count). The van der Waals surface area contributed by atoms with E-state index in [1.54, 1.807) is 0 Å². The first-order chi connectivity index (χ1) is 6.97. The van der Waals surface area contributed by atoms with E-state index in [0.717, 1.165) is 0 Å². The van der Waals surface area contributed by atoms with Crippen LogP contribution in [0, 0.1) is 16.7 Å². The quantitative estimate of drug-likeness (QED) is 0.653. The van der Waals surface area contributed by atoms with E-state index >= 15 is 0 Å². The lowest BCUT2D eigenvalue weighted by Crippen LogP contribution is -2.56. The molecule has 3 heteroatoms. The lowest BCUT2D eigenvalue weighted by molar-refractivity contribution is -0.144. The van der Waals surface area contributed by atoms with Crippen LogP contribution >= 0.6 is 0 Å². The number of hydrogen-bond acceptors (Lipinski definition) is 2. The standard InChI is InChI=1S/C12H19NO2/c1-11(2)7-4-5-12(11,3)10-9(7)13-8(14)6-15-10/h7,9-10H,4-6H2,1-3H3,(H,13,14)/t7-,9-,10-,12+/m1/s1. The molecule has 0 spiro atoms. The van der Waals surface area contributed by atoms with Gasteiger partial charge >= 0.3 is 0 Å². The predicted octanol–water partition coefficient (Wildman–Crippen LogP) is 1.33. The molecule has 2 bridgehead atoms. The monoisotopic (exact) mass is 209 g/mol. The van der Waals surface area contributed by atoms with Gasteiger partial charge in [0.15, 0.2) is 0 Å². The minimum absolute atomic E-state index is 0.0585. The molecule has 3 nitrogen and oxygen atoms in total. The van der Waals surface area contributed by atoms with Gasteiger partial charge in [-0.1, -0.05) is 20.8 Å². The summed E-state index contributed by atoms with van der Waals surface area (Å²) in [6.07, 6.45) is 2.71. The van der Waals surface area contributed by atoms with Gasteiger partial charge in [0.25, 0.3) is 0 Å². The third kappa shape index (κ3) is 0.930. The number of carbonyl (C=O) groups excluding carboxylic acids is 1. The molecule has 15 heavy (non-hydrogen) atoms. The normalized spacial score (nSPS) is 51.4. The Morgan fingerprint density at radius 1 is 1.40 bits per heavy atom. The lowest BCUT2D eigenvalue weighted by Gasteiger charge is -2.41. The number of fused-ring (bicyclic) bond motifs is 5. The van der Waals surface area contributed by atoms with Crippen molar-refractivity contribution < 1.29 is 9.53 Å². The van der Waals surface area contributed by atoms with E-state index in [2.05, 4.69) is 26.1 Å². The summed E-state index contributed by atoms with van der Waals surface area (Å²) in [7, 11) is 0. The van der Waals surface area contributed by atoms with Crippen molar-refractivity contribution in [2.24, 2.45) is 16.7 Å². The molecule has 3 fully saturated rings. The molecule has 4 atom stereocenters. The van der Waals surface area contributed by atoms with Crippen molar-refractivity contribution in [2.75, 3.05) is 6.61 Å². The molecule has 1 saturated heterocycles. The highest BCUT2D eigenvalue weighted by molar-refractivity contribution is 5.78. The number of ether oxygens (including phenoxy) is 1. The second kappa shape index (κ2) is 2.57. The Balaban J connectivity index is 2.01. The Morgan fingerprint density at radius 3 is 2.87 bits per heavy atom. The maximum atomic E-state index is 11.4. The summed E-state index contributed by atoms with van der Waals surface area (Å²) >= 11 is 0. The fourth-order valence-corrected chi connectivity index (χ4v) is 4.16. The van der Waals surface area contributed by atoms with E-state index in [-0.39, 0.29) is 30.1 Å². The average molecular weight is 209 g/mol. The molecule has 0 aromatic carbocycles. The third-order valence-electron chi connectivity index (χ3n) is 5.48. The minimum atomic E-state index is 0.0585. The van der Waals surface area contributed by atoms with Crippen molar-refractivity contribution in [2.45, 2.75) is 45.8 Å². The molecule has 2 saturated carbocycles. The third-order valence-corrected chi connectivity index (χ3v) is 5.48. The van der Waals surface area contributed by atoms with Gasteiger partial charge in [-0.05, 0) is 24.2 Å². The SMILES string of the molecule is CC1(C)[C@@H]2CC[C@@]1(C)[C@@H]1OCC(=O)N[C@H]21. The van der Waals surface area contributed by atoms with E-state index in [4.69, 9.17) is 4.74 Å². The maximum absolute atomic E-state index is 11.4. The van der Waals surface area contributed by atoms with Crippen LogP contribution < -0.4 is 5.32 Å². The summed E-state index contributed by atoms with van der Waals surface area (Å²) < 4.78 is 5.77. The average Bonchev–Trinajstić information content (AvgIpc) is 2.47. The van der Waals surface area contributed by atoms with Crippen molar-refractivity contribution in [3.05, 3.63) is 0 Å². The molecule has 1 heterocycles. The Morgan fingerprint density at radius 2 is 2.13 bits per heavy atom. The molecule has 1 aliphatic heterocycles. The van der Waals surface area contributed by atoms with E-state index in [1.165, 1.54) is 12.8 Å². The van der Waals surface area contributed by atoms with Crippen LogP contribution in [-0.4, -0.2) is 24.7 Å². The first-order valence-electron chi connectivity index (χ1n) is 5.88. The number of morpholine rings is 1. The van der Waals surface area contributed by atoms with Crippen molar-refractivity contribution >= 4 is 5.91 Å². The largest absolute Gasteiger partial charge is 0.366 e. The Labute approximate surface area is 90.6 Å². The summed E-state index contributed by atoms with van der Waals surface area (Å²) in [5.41, 5.74) is 0.538. The molecule has 1 amide bonds. The van der Waals surface area contributed by atoms with Crippen LogP contribution in [0.4, 0.5) is 0 Å². The second-order valence-corrected chi connectivity index (χ2v) is 6.11. The first kappa shape index (κ1) is 9.64. The molecule has 84 valence electrons. The van der Waals surface area contributed by atoms with Crippen LogP contribution in [0.25, 0.3) is 0 Å². The van der Waals surface area contributed by atoms with Gasteiger partial charge in [-0.25, -0.2) is 0 Å². The van der Waals surface area contributed by atoms with Crippen molar-refractivity contribution in [1.82, 2.24) is 5.32 Å². The first-order valence-corrected chi connectivity index (χ1v) is 5.88. The van der Waals surface area contributed by atoms with Crippen molar-refractivity contribution in [1.29, 1.82) is 0 Å². The van der Waals surface area contributed by atoms with Gasteiger partial charge in [-0.15, -0.1) is 0 Å². The van der Waals surface area contributed by atoms with Gasteiger partial charge in [0.05, 0.1) is 12.1 Å². The van der Waals surface area contributed by atoms with Crippen LogP contribution in [0.2, 0.25) is 0 Å². The van der Waals surface area contributed by atoms with Crippen LogP contribution in [0.15, 0.2) is 0 Å². The van der Waals surface area contributed by atoms with Gasteiger partial charge in [0.2, 0.25) is 5.91 Å². The zero-order valence-corrected chi connectivity index (χ0v) is 9.67. The molecule has 0 aromatic heterocycles. The summed E-state index contributed by atoms with van der Waals surface area (Å²) in [5, 5.41) is 3.13. The fraction of sp³-hybridized carbons (Fsp3) is 0.917. The van der Waals surface area contributed by atoms with Gasteiger partial charge in [0.1, 0.15) is 6.61 Å². The highest BCUT2D eigenvalue weighted by Crippen LogP contribution is 2.66. The molecule has 1 N–H and O–H groups in total. The van der Waals surface area contributed by atoms with Crippen LogP contribution in [-0.2, 0) is 9.53 Å². The van der Waals surface area contributed by atoms with E-state index in [9.17, 15) is 4.79 Å². The number of rotatable bonds is 0. The molecule has 0 radical (unpaired) electrons. The van der Waals surface area contributed by atoms with Gasteiger partial charge < -0.3 is 10.1 Å².